The van der Waals surface area contributed by atoms with Gasteiger partial charge in [-0.2, -0.15) is 0 Å². The molecule has 6 heteroatoms. The molecule has 2 heterocycles. The van der Waals surface area contributed by atoms with E-state index in [1.807, 2.05) is 24.3 Å². The van der Waals surface area contributed by atoms with Crippen molar-refractivity contribution in [2.45, 2.75) is 23.8 Å². The first kappa shape index (κ1) is 14.4. The van der Waals surface area contributed by atoms with Crippen molar-refractivity contribution in [1.82, 2.24) is 10.6 Å². The monoisotopic (exact) mass is 305 g/mol. The zero-order chi connectivity index (χ0) is 14.7. The highest BCUT2D eigenvalue weighted by molar-refractivity contribution is 8.00. The van der Waals surface area contributed by atoms with Crippen molar-refractivity contribution in [2.24, 2.45) is 0 Å². The molecule has 112 valence electrons. The maximum atomic E-state index is 12.1. The Balaban J connectivity index is 1.60. The number of hydrogen-bond donors (Lipinski definition) is 2. The molecule has 1 atom stereocenters. The lowest BCUT2D eigenvalue weighted by Gasteiger charge is -2.28. The first-order valence-corrected chi connectivity index (χ1v) is 8.25. The molecule has 1 aromatic carbocycles. The fourth-order valence-corrected chi connectivity index (χ4v) is 3.63. The summed E-state index contributed by atoms with van der Waals surface area (Å²) < 4.78 is 0. The fourth-order valence-electron chi connectivity index (χ4n) is 2.69. The molecule has 0 radical (unpaired) electrons. The van der Waals surface area contributed by atoms with Gasteiger partial charge in [-0.05, 0) is 31.5 Å². The summed E-state index contributed by atoms with van der Waals surface area (Å²) in [4.78, 5) is 26.8. The van der Waals surface area contributed by atoms with Crippen LogP contribution in [0.2, 0.25) is 0 Å². The molecule has 21 heavy (non-hydrogen) atoms. The smallest absolute Gasteiger partial charge is 0.240 e. The van der Waals surface area contributed by atoms with E-state index in [4.69, 9.17) is 0 Å². The van der Waals surface area contributed by atoms with Crippen molar-refractivity contribution < 1.29 is 9.59 Å². The normalized spacial score (nSPS) is 21.2. The highest BCUT2D eigenvalue weighted by atomic mass is 32.2. The summed E-state index contributed by atoms with van der Waals surface area (Å²) in [5, 5.41) is 6.26. The van der Waals surface area contributed by atoms with E-state index >= 15 is 0 Å². The minimum absolute atomic E-state index is 0.00663. The third-order valence-corrected chi connectivity index (χ3v) is 4.87. The average Bonchev–Trinajstić information content (AvgIpc) is 3.01. The van der Waals surface area contributed by atoms with Gasteiger partial charge in [-0.25, -0.2) is 0 Å². The van der Waals surface area contributed by atoms with Gasteiger partial charge in [-0.15, -0.1) is 11.8 Å². The molecule has 1 saturated heterocycles. The van der Waals surface area contributed by atoms with E-state index in [-0.39, 0.29) is 18.4 Å². The number of nitrogens with zero attached hydrogens (tertiary/aromatic N) is 1. The first-order chi connectivity index (χ1) is 10.2. The number of carbonyl (C=O) groups is 2. The number of carbonyl (C=O) groups excluding carboxylic acids is 2. The standard InChI is InChI=1S/C15H19N3O2S/c19-14(17-8-11-4-3-7-16-11)9-18-12-5-1-2-6-13(12)21-10-15(18)20/h1-2,5-6,11,16H,3-4,7-10H2,(H,17,19). The minimum atomic E-state index is -0.0984. The van der Waals surface area contributed by atoms with Crippen molar-refractivity contribution in [3.63, 3.8) is 0 Å². The maximum Gasteiger partial charge on any atom is 0.240 e. The van der Waals surface area contributed by atoms with Crippen molar-refractivity contribution in [1.29, 1.82) is 0 Å². The molecule has 1 unspecified atom stereocenters. The van der Waals surface area contributed by atoms with Gasteiger partial charge in [-0.3, -0.25) is 9.59 Å². The molecule has 5 nitrogen and oxygen atoms in total. The highest BCUT2D eigenvalue weighted by Gasteiger charge is 2.26. The Morgan fingerprint density at radius 2 is 2.29 bits per heavy atom. The zero-order valence-electron chi connectivity index (χ0n) is 11.8. The molecule has 2 amide bonds. The van der Waals surface area contributed by atoms with Crippen LogP contribution in [0.25, 0.3) is 0 Å². The van der Waals surface area contributed by atoms with Crippen LogP contribution < -0.4 is 15.5 Å². The molecule has 0 saturated carbocycles. The Hall–Kier alpha value is -1.53. The summed E-state index contributed by atoms with van der Waals surface area (Å²) in [6, 6.07) is 8.09. The van der Waals surface area contributed by atoms with Crippen LogP contribution in [-0.4, -0.2) is 43.2 Å². The van der Waals surface area contributed by atoms with E-state index in [1.165, 1.54) is 11.8 Å². The summed E-state index contributed by atoms with van der Waals surface area (Å²) in [6.45, 7) is 1.76. The molecule has 2 N–H and O–H groups in total. The third kappa shape index (κ3) is 3.39. The number of hydrogen-bond acceptors (Lipinski definition) is 4. The Morgan fingerprint density at radius 3 is 3.10 bits per heavy atom. The van der Waals surface area contributed by atoms with Crippen LogP contribution in [0.1, 0.15) is 12.8 Å². The van der Waals surface area contributed by atoms with Gasteiger partial charge in [0.2, 0.25) is 11.8 Å². The van der Waals surface area contributed by atoms with E-state index in [0.29, 0.717) is 18.3 Å². The summed E-state index contributed by atoms with van der Waals surface area (Å²) in [5.41, 5.74) is 0.841. The molecule has 0 spiro atoms. The second-order valence-corrected chi connectivity index (χ2v) is 6.35. The number of amides is 2. The largest absolute Gasteiger partial charge is 0.353 e. The van der Waals surface area contributed by atoms with Gasteiger partial charge in [0.1, 0.15) is 6.54 Å². The van der Waals surface area contributed by atoms with Gasteiger partial charge < -0.3 is 15.5 Å². The predicted molar refractivity (Wildman–Crippen MR) is 83.6 cm³/mol. The van der Waals surface area contributed by atoms with Crippen molar-refractivity contribution in [2.75, 3.05) is 30.3 Å². The van der Waals surface area contributed by atoms with Gasteiger partial charge in [0.15, 0.2) is 0 Å². The quantitative estimate of drug-likeness (QED) is 0.871. The third-order valence-electron chi connectivity index (χ3n) is 3.82. The lowest BCUT2D eigenvalue weighted by Crippen LogP contribution is -2.45. The van der Waals surface area contributed by atoms with E-state index in [2.05, 4.69) is 10.6 Å². The zero-order valence-corrected chi connectivity index (χ0v) is 12.6. The number of benzene rings is 1. The van der Waals surface area contributed by atoms with Crippen LogP contribution >= 0.6 is 11.8 Å². The van der Waals surface area contributed by atoms with Gasteiger partial charge >= 0.3 is 0 Å². The van der Waals surface area contributed by atoms with E-state index in [1.54, 1.807) is 4.90 Å². The summed E-state index contributed by atoms with van der Waals surface area (Å²) in [6.07, 6.45) is 2.26. The number of rotatable bonds is 4. The number of fused-ring (bicyclic) bond motifs is 1. The van der Waals surface area contributed by atoms with Crippen LogP contribution in [0.3, 0.4) is 0 Å². The Labute approximate surface area is 128 Å². The van der Waals surface area contributed by atoms with E-state index in [0.717, 1.165) is 30.0 Å². The van der Waals surface area contributed by atoms with Crippen LogP contribution in [0, 0.1) is 0 Å². The fraction of sp³-hybridized carbons (Fsp3) is 0.467. The summed E-state index contributed by atoms with van der Waals surface area (Å²) in [7, 11) is 0. The van der Waals surface area contributed by atoms with Gasteiger partial charge in [0.05, 0.1) is 11.4 Å². The van der Waals surface area contributed by atoms with Gasteiger partial charge in [-0.1, -0.05) is 12.1 Å². The molecular formula is C15H19N3O2S. The van der Waals surface area contributed by atoms with Crippen LogP contribution in [0.4, 0.5) is 5.69 Å². The number of anilines is 1. The molecule has 1 aromatic rings. The Bertz CT molecular complexity index is 543. The molecule has 3 rings (SSSR count). The second kappa shape index (κ2) is 6.49. The topological polar surface area (TPSA) is 61.4 Å². The molecule has 0 aromatic heterocycles. The van der Waals surface area contributed by atoms with Gasteiger partial charge in [0.25, 0.3) is 0 Å². The van der Waals surface area contributed by atoms with Crippen molar-refractivity contribution in [3.8, 4) is 0 Å². The molecule has 2 aliphatic rings. The summed E-state index contributed by atoms with van der Waals surface area (Å²) in [5.74, 6) is 0.292. The molecule has 1 fully saturated rings. The van der Waals surface area contributed by atoms with Crippen molar-refractivity contribution >= 4 is 29.3 Å². The van der Waals surface area contributed by atoms with E-state index < -0.39 is 0 Å². The Morgan fingerprint density at radius 1 is 1.43 bits per heavy atom. The lowest BCUT2D eigenvalue weighted by molar-refractivity contribution is -0.123. The minimum Gasteiger partial charge on any atom is -0.353 e. The van der Waals surface area contributed by atoms with Crippen molar-refractivity contribution in [3.05, 3.63) is 24.3 Å². The molecule has 2 aliphatic heterocycles. The molecule has 0 aliphatic carbocycles. The SMILES string of the molecule is O=C(CN1C(=O)CSc2ccccc21)NCC1CCCN1. The van der Waals surface area contributed by atoms with Crippen LogP contribution in [0.5, 0.6) is 0 Å². The lowest BCUT2D eigenvalue weighted by atomic mass is 10.2. The average molecular weight is 305 g/mol. The number of nitrogens with one attached hydrogen (secondary N) is 2. The number of thioether (sulfide) groups is 1. The van der Waals surface area contributed by atoms with Gasteiger partial charge in [0, 0.05) is 17.5 Å². The summed E-state index contributed by atoms with van der Waals surface area (Å²) >= 11 is 1.53. The molecular weight excluding hydrogens is 286 g/mol. The van der Waals surface area contributed by atoms with E-state index in [9.17, 15) is 9.59 Å². The maximum absolute atomic E-state index is 12.1. The van der Waals surface area contributed by atoms with Crippen LogP contribution in [0.15, 0.2) is 29.2 Å². The predicted octanol–water partition coefficient (Wildman–Crippen LogP) is 0.993. The second-order valence-electron chi connectivity index (χ2n) is 5.33. The number of para-hydroxylation sites is 1. The first-order valence-electron chi connectivity index (χ1n) is 7.26. The van der Waals surface area contributed by atoms with Crippen LogP contribution in [-0.2, 0) is 9.59 Å². The highest BCUT2D eigenvalue weighted by Crippen LogP contribution is 2.34. The Kier molecular flexibility index (Phi) is 4.45. The molecule has 0 bridgehead atoms.